The fourth-order valence-electron chi connectivity index (χ4n) is 2.44. The zero-order valence-electron chi connectivity index (χ0n) is 12.1. The highest BCUT2D eigenvalue weighted by Crippen LogP contribution is 2.18. The van der Waals surface area contributed by atoms with Crippen LogP contribution in [0.25, 0.3) is 0 Å². The molecule has 1 aromatic carbocycles. The van der Waals surface area contributed by atoms with Crippen molar-refractivity contribution in [3.8, 4) is 5.75 Å². The maximum atomic E-state index is 6.00. The Labute approximate surface area is 116 Å². The molecule has 1 heterocycles. The molecular formula is C16H25NO2. The molecule has 1 aliphatic rings. The second-order valence-electron chi connectivity index (χ2n) is 5.09. The predicted molar refractivity (Wildman–Crippen MR) is 77.3 cm³/mol. The molecule has 0 bridgehead atoms. The molecule has 1 aliphatic heterocycles. The molecule has 0 N–H and O–H groups in total. The van der Waals surface area contributed by atoms with Gasteiger partial charge in [-0.15, -0.1) is 0 Å². The highest BCUT2D eigenvalue weighted by molar-refractivity contribution is 5.27. The molecule has 1 atom stereocenters. The van der Waals surface area contributed by atoms with E-state index in [9.17, 15) is 0 Å². The van der Waals surface area contributed by atoms with Crippen LogP contribution < -0.4 is 4.74 Å². The van der Waals surface area contributed by atoms with E-state index in [1.165, 1.54) is 24.8 Å². The molecule has 0 amide bonds. The first-order valence-corrected chi connectivity index (χ1v) is 7.37. The molecule has 2 rings (SSSR count). The molecule has 1 unspecified atom stereocenters. The van der Waals surface area contributed by atoms with Crippen LogP contribution in [0.2, 0.25) is 0 Å². The van der Waals surface area contributed by atoms with E-state index in [-0.39, 0.29) is 6.23 Å². The maximum absolute atomic E-state index is 6.00. The van der Waals surface area contributed by atoms with E-state index in [1.807, 2.05) is 19.1 Å². The van der Waals surface area contributed by atoms with Gasteiger partial charge in [0, 0.05) is 19.7 Å². The summed E-state index contributed by atoms with van der Waals surface area (Å²) in [5.41, 5.74) is 1.19. The van der Waals surface area contributed by atoms with Gasteiger partial charge in [0.1, 0.15) is 12.0 Å². The molecule has 0 spiro atoms. The monoisotopic (exact) mass is 263 g/mol. The van der Waals surface area contributed by atoms with Crippen LogP contribution in [-0.4, -0.2) is 30.8 Å². The fourth-order valence-corrected chi connectivity index (χ4v) is 2.44. The Kier molecular flexibility index (Phi) is 5.67. The van der Waals surface area contributed by atoms with E-state index in [0.29, 0.717) is 6.61 Å². The summed E-state index contributed by atoms with van der Waals surface area (Å²) in [4.78, 5) is 2.41. The van der Waals surface area contributed by atoms with Crippen molar-refractivity contribution in [2.45, 2.75) is 45.9 Å². The Morgan fingerprint density at radius 2 is 1.79 bits per heavy atom. The Morgan fingerprint density at radius 3 is 2.42 bits per heavy atom. The van der Waals surface area contributed by atoms with Gasteiger partial charge in [0.2, 0.25) is 0 Å². The molecule has 3 nitrogen and oxygen atoms in total. The average Bonchev–Trinajstić information content (AvgIpc) is 2.47. The van der Waals surface area contributed by atoms with Crippen LogP contribution >= 0.6 is 0 Å². The van der Waals surface area contributed by atoms with Crippen molar-refractivity contribution in [3.05, 3.63) is 29.8 Å². The molecule has 3 heteroatoms. The van der Waals surface area contributed by atoms with E-state index in [2.05, 4.69) is 24.0 Å². The first-order chi connectivity index (χ1) is 9.29. The van der Waals surface area contributed by atoms with Crippen molar-refractivity contribution in [3.63, 3.8) is 0 Å². The summed E-state index contributed by atoms with van der Waals surface area (Å²) in [6, 6.07) is 8.23. The van der Waals surface area contributed by atoms with E-state index in [1.54, 1.807) is 0 Å². The molecule has 19 heavy (non-hydrogen) atoms. The van der Waals surface area contributed by atoms with Crippen molar-refractivity contribution in [1.29, 1.82) is 0 Å². The van der Waals surface area contributed by atoms with E-state index in [4.69, 9.17) is 9.47 Å². The van der Waals surface area contributed by atoms with Gasteiger partial charge in [-0.25, -0.2) is 0 Å². The van der Waals surface area contributed by atoms with Crippen LogP contribution in [0.3, 0.4) is 0 Å². The Morgan fingerprint density at radius 1 is 1.11 bits per heavy atom. The molecule has 0 radical (unpaired) electrons. The van der Waals surface area contributed by atoms with Gasteiger partial charge >= 0.3 is 0 Å². The second-order valence-corrected chi connectivity index (χ2v) is 5.09. The largest absolute Gasteiger partial charge is 0.475 e. The summed E-state index contributed by atoms with van der Waals surface area (Å²) in [6.45, 7) is 7.90. The van der Waals surface area contributed by atoms with Gasteiger partial charge in [0.05, 0.1) is 6.61 Å². The summed E-state index contributed by atoms with van der Waals surface area (Å²) in [5, 5.41) is 0. The zero-order chi connectivity index (χ0) is 13.5. The van der Waals surface area contributed by atoms with Crippen molar-refractivity contribution in [2.24, 2.45) is 0 Å². The molecule has 0 aliphatic carbocycles. The van der Waals surface area contributed by atoms with Crippen LogP contribution in [0.5, 0.6) is 5.75 Å². The minimum absolute atomic E-state index is 0.165. The highest BCUT2D eigenvalue weighted by atomic mass is 16.5. The lowest BCUT2D eigenvalue weighted by atomic mass is 10.1. The number of hydrogen-bond donors (Lipinski definition) is 0. The number of likely N-dealkylation sites (tertiary alicyclic amines) is 1. The first kappa shape index (κ1) is 14.4. The molecular weight excluding hydrogens is 238 g/mol. The van der Waals surface area contributed by atoms with Gasteiger partial charge in [-0.1, -0.05) is 18.6 Å². The standard InChI is InChI=1S/C16H25NO2/c1-3-18-13-15-7-9-16(10-8-15)19-14(2)17-11-5-4-6-12-17/h7-10,14H,3-6,11-13H2,1-2H3. The zero-order valence-corrected chi connectivity index (χ0v) is 12.1. The maximum Gasteiger partial charge on any atom is 0.149 e. The van der Waals surface area contributed by atoms with E-state index >= 15 is 0 Å². The highest BCUT2D eigenvalue weighted by Gasteiger charge is 2.17. The third-order valence-corrected chi connectivity index (χ3v) is 3.61. The molecule has 1 saturated heterocycles. The smallest absolute Gasteiger partial charge is 0.149 e. The molecule has 1 fully saturated rings. The van der Waals surface area contributed by atoms with Crippen LogP contribution in [0, 0.1) is 0 Å². The molecule has 0 aromatic heterocycles. The van der Waals surface area contributed by atoms with Gasteiger partial charge in [-0.05, 0) is 44.4 Å². The number of nitrogens with zero attached hydrogens (tertiary/aromatic N) is 1. The summed E-state index contributed by atoms with van der Waals surface area (Å²) >= 11 is 0. The van der Waals surface area contributed by atoms with Crippen LogP contribution in [-0.2, 0) is 11.3 Å². The number of piperidine rings is 1. The Bertz CT molecular complexity index is 358. The molecule has 1 aromatic rings. The lowest BCUT2D eigenvalue weighted by molar-refractivity contribution is 0.0262. The summed E-state index contributed by atoms with van der Waals surface area (Å²) in [5.74, 6) is 0.943. The SMILES string of the molecule is CCOCc1ccc(OC(C)N2CCCCC2)cc1. The quantitative estimate of drug-likeness (QED) is 0.785. The lowest BCUT2D eigenvalue weighted by Crippen LogP contribution is -2.40. The predicted octanol–water partition coefficient (Wildman–Crippen LogP) is 3.43. The van der Waals surface area contributed by atoms with Crippen LogP contribution in [0.1, 0.15) is 38.7 Å². The van der Waals surface area contributed by atoms with Gasteiger partial charge < -0.3 is 9.47 Å². The third kappa shape index (κ3) is 4.51. The van der Waals surface area contributed by atoms with Gasteiger partial charge in [-0.2, -0.15) is 0 Å². The fraction of sp³-hybridized carbons (Fsp3) is 0.625. The topological polar surface area (TPSA) is 21.7 Å². The number of hydrogen-bond acceptors (Lipinski definition) is 3. The number of benzene rings is 1. The van der Waals surface area contributed by atoms with Crippen LogP contribution in [0.4, 0.5) is 0 Å². The van der Waals surface area contributed by atoms with Crippen molar-refractivity contribution < 1.29 is 9.47 Å². The van der Waals surface area contributed by atoms with E-state index < -0.39 is 0 Å². The lowest BCUT2D eigenvalue weighted by Gasteiger charge is -2.32. The van der Waals surface area contributed by atoms with Gasteiger partial charge in [0.25, 0.3) is 0 Å². The van der Waals surface area contributed by atoms with Crippen molar-refractivity contribution in [2.75, 3.05) is 19.7 Å². The van der Waals surface area contributed by atoms with Crippen molar-refractivity contribution >= 4 is 0 Å². The minimum atomic E-state index is 0.165. The normalized spacial score (nSPS) is 18.2. The Balaban J connectivity index is 1.84. The minimum Gasteiger partial charge on any atom is -0.475 e. The first-order valence-electron chi connectivity index (χ1n) is 7.37. The summed E-state index contributed by atoms with van der Waals surface area (Å²) < 4.78 is 11.4. The molecule has 106 valence electrons. The average molecular weight is 263 g/mol. The number of rotatable bonds is 6. The third-order valence-electron chi connectivity index (χ3n) is 3.61. The second kappa shape index (κ2) is 7.51. The summed E-state index contributed by atoms with van der Waals surface area (Å²) in [6.07, 6.45) is 4.11. The number of ether oxygens (including phenoxy) is 2. The van der Waals surface area contributed by atoms with Crippen molar-refractivity contribution in [1.82, 2.24) is 4.90 Å². The summed E-state index contributed by atoms with van der Waals surface area (Å²) in [7, 11) is 0. The van der Waals surface area contributed by atoms with Gasteiger partial charge in [-0.3, -0.25) is 4.90 Å². The van der Waals surface area contributed by atoms with E-state index in [0.717, 1.165) is 25.4 Å². The van der Waals surface area contributed by atoms with Crippen LogP contribution in [0.15, 0.2) is 24.3 Å². The molecule has 0 saturated carbocycles. The Hall–Kier alpha value is -1.06. The van der Waals surface area contributed by atoms with Gasteiger partial charge in [0.15, 0.2) is 0 Å².